The normalized spacial score (nSPS) is 16.6. The van der Waals surface area contributed by atoms with Crippen LogP contribution in [-0.4, -0.2) is 24.8 Å². The monoisotopic (exact) mass is 456 g/mol. The van der Waals surface area contributed by atoms with Gasteiger partial charge in [-0.05, 0) is 12.0 Å². The predicted octanol–water partition coefficient (Wildman–Crippen LogP) is 3.60. The SMILES string of the molecule is CN=C(NCc1cc(C(C)C)no1)NC1CCOc2ccccc21.I. The Morgan fingerprint density at radius 3 is 2.88 bits per heavy atom. The number of nitrogens with zero attached hydrogens (tertiary/aromatic N) is 2. The number of ether oxygens (including phenoxy) is 1. The first-order valence-corrected chi connectivity index (χ1v) is 8.31. The molecule has 25 heavy (non-hydrogen) atoms. The maximum atomic E-state index is 5.70. The summed E-state index contributed by atoms with van der Waals surface area (Å²) >= 11 is 0. The Hall–Kier alpha value is -1.77. The molecule has 0 fully saturated rings. The molecule has 1 aromatic carbocycles. The molecule has 1 atom stereocenters. The molecule has 1 aromatic heterocycles. The van der Waals surface area contributed by atoms with E-state index in [0.29, 0.717) is 19.1 Å². The first-order chi connectivity index (χ1) is 11.7. The number of para-hydroxylation sites is 1. The second-order valence-electron chi connectivity index (χ2n) is 6.17. The molecular formula is C18H25IN4O2. The lowest BCUT2D eigenvalue weighted by Gasteiger charge is -2.27. The highest BCUT2D eigenvalue weighted by atomic mass is 127. The summed E-state index contributed by atoms with van der Waals surface area (Å²) in [7, 11) is 1.76. The van der Waals surface area contributed by atoms with Gasteiger partial charge in [0.1, 0.15) is 5.75 Å². The van der Waals surface area contributed by atoms with Crippen molar-refractivity contribution in [3.8, 4) is 5.75 Å². The van der Waals surface area contributed by atoms with Crippen LogP contribution in [0.4, 0.5) is 0 Å². The fraction of sp³-hybridized carbons (Fsp3) is 0.444. The highest BCUT2D eigenvalue weighted by Crippen LogP contribution is 2.31. The standard InChI is InChI=1S/C18H24N4O2.HI/c1-12(2)16-10-13(24-22-16)11-20-18(19-3)21-15-8-9-23-17-7-5-4-6-14(15)17;/h4-7,10,12,15H,8-9,11H2,1-3H3,(H2,19,20,21);1H. The van der Waals surface area contributed by atoms with Gasteiger partial charge in [0.05, 0.1) is 24.9 Å². The third-order valence-corrected chi connectivity index (χ3v) is 4.09. The molecule has 0 bridgehead atoms. The number of guanidine groups is 1. The van der Waals surface area contributed by atoms with Crippen molar-refractivity contribution in [3.05, 3.63) is 47.3 Å². The van der Waals surface area contributed by atoms with Gasteiger partial charge in [-0.3, -0.25) is 4.99 Å². The number of halogens is 1. The van der Waals surface area contributed by atoms with Crippen molar-refractivity contribution in [3.63, 3.8) is 0 Å². The maximum Gasteiger partial charge on any atom is 0.191 e. The zero-order valence-corrected chi connectivity index (χ0v) is 17.1. The summed E-state index contributed by atoms with van der Waals surface area (Å²) in [6.07, 6.45) is 0.900. The second-order valence-corrected chi connectivity index (χ2v) is 6.17. The molecule has 1 aliphatic rings. The molecule has 0 aliphatic carbocycles. The summed E-state index contributed by atoms with van der Waals surface area (Å²) in [4.78, 5) is 4.30. The lowest BCUT2D eigenvalue weighted by atomic mass is 10.0. The highest BCUT2D eigenvalue weighted by molar-refractivity contribution is 14.0. The van der Waals surface area contributed by atoms with Gasteiger partial charge in [-0.25, -0.2) is 0 Å². The predicted molar refractivity (Wildman–Crippen MR) is 109 cm³/mol. The molecule has 0 saturated heterocycles. The maximum absolute atomic E-state index is 5.70. The van der Waals surface area contributed by atoms with E-state index >= 15 is 0 Å². The second kappa shape index (κ2) is 9.07. The summed E-state index contributed by atoms with van der Waals surface area (Å²) in [5.74, 6) is 2.83. The van der Waals surface area contributed by atoms with Crippen molar-refractivity contribution >= 4 is 29.9 Å². The number of aromatic nitrogens is 1. The number of fused-ring (bicyclic) bond motifs is 1. The number of hydrogen-bond donors (Lipinski definition) is 2. The van der Waals surface area contributed by atoms with Gasteiger partial charge < -0.3 is 19.9 Å². The van der Waals surface area contributed by atoms with Crippen LogP contribution in [0.15, 0.2) is 39.8 Å². The van der Waals surface area contributed by atoms with Gasteiger partial charge in [0.15, 0.2) is 11.7 Å². The lowest BCUT2D eigenvalue weighted by molar-refractivity contribution is 0.261. The molecule has 136 valence electrons. The Balaban J connectivity index is 0.00000225. The minimum atomic E-state index is 0. The third-order valence-electron chi connectivity index (χ3n) is 4.09. The van der Waals surface area contributed by atoms with Crippen molar-refractivity contribution < 1.29 is 9.26 Å². The fourth-order valence-electron chi connectivity index (χ4n) is 2.71. The van der Waals surface area contributed by atoms with Gasteiger partial charge in [-0.1, -0.05) is 37.2 Å². The van der Waals surface area contributed by atoms with Crippen LogP contribution >= 0.6 is 24.0 Å². The molecule has 0 amide bonds. The van der Waals surface area contributed by atoms with Gasteiger partial charge in [0.2, 0.25) is 0 Å². The van der Waals surface area contributed by atoms with Crippen LogP contribution in [0.2, 0.25) is 0 Å². The average Bonchev–Trinajstić information content (AvgIpc) is 3.08. The fourth-order valence-corrected chi connectivity index (χ4v) is 2.71. The molecule has 0 spiro atoms. The Morgan fingerprint density at radius 1 is 1.36 bits per heavy atom. The van der Waals surface area contributed by atoms with Gasteiger partial charge in [-0.15, -0.1) is 24.0 Å². The van der Waals surface area contributed by atoms with Crippen molar-refractivity contribution in [1.29, 1.82) is 0 Å². The molecule has 7 heteroatoms. The van der Waals surface area contributed by atoms with E-state index in [2.05, 4.69) is 40.7 Å². The van der Waals surface area contributed by atoms with E-state index in [9.17, 15) is 0 Å². The first-order valence-electron chi connectivity index (χ1n) is 8.31. The minimum absolute atomic E-state index is 0. The quantitative estimate of drug-likeness (QED) is 0.418. The van der Waals surface area contributed by atoms with Gasteiger partial charge in [-0.2, -0.15) is 0 Å². The van der Waals surface area contributed by atoms with E-state index in [-0.39, 0.29) is 30.0 Å². The summed E-state index contributed by atoms with van der Waals surface area (Å²) < 4.78 is 11.1. The number of aliphatic imine (C=N–C) groups is 1. The zero-order valence-electron chi connectivity index (χ0n) is 14.8. The molecule has 1 unspecified atom stereocenters. The van der Waals surface area contributed by atoms with Gasteiger partial charge in [0, 0.05) is 25.1 Å². The van der Waals surface area contributed by atoms with Gasteiger partial charge >= 0.3 is 0 Å². The molecule has 1 aliphatic heterocycles. The van der Waals surface area contributed by atoms with Crippen molar-refractivity contribution in [1.82, 2.24) is 15.8 Å². The smallest absolute Gasteiger partial charge is 0.191 e. The first kappa shape index (κ1) is 19.6. The van der Waals surface area contributed by atoms with E-state index in [1.54, 1.807) is 7.05 Å². The van der Waals surface area contributed by atoms with E-state index in [4.69, 9.17) is 9.26 Å². The molecule has 6 nitrogen and oxygen atoms in total. The topological polar surface area (TPSA) is 71.7 Å². The summed E-state index contributed by atoms with van der Waals surface area (Å²) in [5.41, 5.74) is 2.13. The minimum Gasteiger partial charge on any atom is -0.493 e. The Kier molecular flexibility index (Phi) is 7.10. The average molecular weight is 456 g/mol. The van der Waals surface area contributed by atoms with E-state index < -0.39 is 0 Å². The Morgan fingerprint density at radius 2 is 2.16 bits per heavy atom. The third kappa shape index (κ3) is 4.87. The highest BCUT2D eigenvalue weighted by Gasteiger charge is 2.21. The van der Waals surface area contributed by atoms with E-state index in [1.807, 2.05) is 24.3 Å². The summed E-state index contributed by atoms with van der Waals surface area (Å²) in [6.45, 7) is 5.44. The Bertz CT molecular complexity index is 715. The van der Waals surface area contributed by atoms with Crippen LogP contribution in [-0.2, 0) is 6.54 Å². The molecular weight excluding hydrogens is 431 g/mol. The van der Waals surface area contributed by atoms with E-state index in [0.717, 1.165) is 35.1 Å². The number of rotatable bonds is 4. The molecule has 2 aromatic rings. The van der Waals surface area contributed by atoms with Crippen LogP contribution in [0.5, 0.6) is 5.75 Å². The largest absolute Gasteiger partial charge is 0.493 e. The summed E-state index contributed by atoms with van der Waals surface area (Å²) in [6, 6.07) is 10.3. The van der Waals surface area contributed by atoms with Crippen molar-refractivity contribution in [2.45, 2.75) is 38.8 Å². The number of benzene rings is 1. The van der Waals surface area contributed by atoms with Crippen molar-refractivity contribution in [2.24, 2.45) is 4.99 Å². The van der Waals surface area contributed by atoms with Crippen LogP contribution in [0.1, 0.15) is 49.2 Å². The molecule has 3 rings (SSSR count). The van der Waals surface area contributed by atoms with E-state index in [1.165, 1.54) is 0 Å². The Labute approximate surface area is 165 Å². The number of nitrogens with one attached hydrogen (secondary N) is 2. The number of hydrogen-bond acceptors (Lipinski definition) is 4. The lowest BCUT2D eigenvalue weighted by Crippen LogP contribution is -2.40. The summed E-state index contributed by atoms with van der Waals surface area (Å²) in [5, 5.41) is 10.8. The van der Waals surface area contributed by atoms with Crippen LogP contribution in [0, 0.1) is 0 Å². The molecule has 0 radical (unpaired) electrons. The van der Waals surface area contributed by atoms with Crippen molar-refractivity contribution in [2.75, 3.05) is 13.7 Å². The van der Waals surface area contributed by atoms with Crippen LogP contribution in [0.3, 0.4) is 0 Å². The molecule has 2 heterocycles. The van der Waals surface area contributed by atoms with Crippen LogP contribution in [0.25, 0.3) is 0 Å². The molecule has 2 N–H and O–H groups in total. The zero-order chi connectivity index (χ0) is 16.9. The van der Waals surface area contributed by atoms with Crippen LogP contribution < -0.4 is 15.4 Å². The molecule has 0 saturated carbocycles. The van der Waals surface area contributed by atoms with Gasteiger partial charge in [0.25, 0.3) is 0 Å².